The molecular formula is C32H52N2O5S2. The molecule has 7 nitrogen and oxygen atoms in total. The minimum absolute atomic E-state index is 0.138. The highest BCUT2D eigenvalue weighted by Crippen LogP contribution is 2.32. The molecule has 232 valence electrons. The van der Waals surface area contributed by atoms with Crippen molar-refractivity contribution in [2.75, 3.05) is 26.2 Å². The number of hydrogen-bond donors (Lipinski definition) is 4. The molecule has 0 aliphatic rings. The second-order valence-electron chi connectivity index (χ2n) is 10.7. The fraction of sp³-hybridized carbons (Fsp3) is 0.625. The maximum absolute atomic E-state index is 13.6. The molecule has 1 unspecified atom stereocenters. The first-order chi connectivity index (χ1) is 19.8. The second-order valence-corrected chi connectivity index (χ2v) is 13.4. The third-order valence-corrected chi connectivity index (χ3v) is 9.76. The van der Waals surface area contributed by atoms with E-state index >= 15 is 0 Å². The van der Waals surface area contributed by atoms with Gasteiger partial charge in [-0.05, 0) is 55.1 Å². The molecule has 0 spiro atoms. The number of hydrogen-bond acceptors (Lipinski definition) is 7. The SMILES string of the molecule is CCCCCCCCCN(CCN(CCCCCCCCC)S(=O)c1ccc(O)c(O)c1)Sc1ccc(O)c(O)c1. The van der Waals surface area contributed by atoms with Crippen LogP contribution in [0.2, 0.25) is 0 Å². The Bertz CT molecular complexity index is 1020. The first-order valence-corrected chi connectivity index (χ1v) is 17.4. The van der Waals surface area contributed by atoms with Gasteiger partial charge < -0.3 is 20.4 Å². The summed E-state index contributed by atoms with van der Waals surface area (Å²) in [6, 6.07) is 9.24. The maximum Gasteiger partial charge on any atom is 0.158 e. The molecule has 1 atom stereocenters. The fourth-order valence-corrected chi connectivity index (χ4v) is 6.89. The van der Waals surface area contributed by atoms with Crippen molar-refractivity contribution in [3.63, 3.8) is 0 Å². The van der Waals surface area contributed by atoms with Gasteiger partial charge in [0.1, 0.15) is 11.0 Å². The van der Waals surface area contributed by atoms with Crippen LogP contribution in [0.15, 0.2) is 46.2 Å². The zero-order valence-corrected chi connectivity index (χ0v) is 26.7. The molecule has 0 aromatic heterocycles. The summed E-state index contributed by atoms with van der Waals surface area (Å²) >= 11 is 1.54. The lowest BCUT2D eigenvalue weighted by molar-refractivity contribution is 0.362. The molecule has 2 aromatic rings. The zero-order chi connectivity index (χ0) is 29.9. The lowest BCUT2D eigenvalue weighted by Crippen LogP contribution is -2.35. The summed E-state index contributed by atoms with van der Waals surface area (Å²) in [5.41, 5.74) is 0. The predicted molar refractivity (Wildman–Crippen MR) is 171 cm³/mol. The van der Waals surface area contributed by atoms with Crippen LogP contribution in [0.25, 0.3) is 0 Å². The van der Waals surface area contributed by atoms with Crippen LogP contribution in [0.4, 0.5) is 0 Å². The minimum Gasteiger partial charge on any atom is -0.504 e. The summed E-state index contributed by atoms with van der Waals surface area (Å²) < 4.78 is 17.8. The van der Waals surface area contributed by atoms with Crippen molar-refractivity contribution in [3.8, 4) is 23.0 Å². The Morgan fingerprint density at radius 1 is 0.585 bits per heavy atom. The van der Waals surface area contributed by atoms with Gasteiger partial charge in [-0.25, -0.2) is 12.8 Å². The van der Waals surface area contributed by atoms with Crippen LogP contribution in [-0.4, -0.2) is 59.4 Å². The lowest BCUT2D eigenvalue weighted by Gasteiger charge is -2.26. The van der Waals surface area contributed by atoms with E-state index in [0.717, 1.165) is 37.1 Å². The molecule has 0 saturated carbocycles. The van der Waals surface area contributed by atoms with Gasteiger partial charge in [-0.2, -0.15) is 0 Å². The summed E-state index contributed by atoms with van der Waals surface area (Å²) in [4.78, 5) is 1.31. The Morgan fingerprint density at radius 3 is 1.66 bits per heavy atom. The van der Waals surface area contributed by atoms with E-state index in [0.29, 0.717) is 24.5 Å². The standard InChI is InChI=1S/C32H52N2O5S2/c1-3-5-7-9-11-13-15-21-33(40-27-17-19-29(35)31(37)25-27)23-24-34(22-16-14-12-10-8-6-4-2)41(39)28-18-20-30(36)32(38)26-28/h17-20,25-26,35-38H,3-16,21-24H2,1-2H3. The zero-order valence-electron chi connectivity index (χ0n) is 25.1. The van der Waals surface area contributed by atoms with Crippen molar-refractivity contribution in [2.24, 2.45) is 0 Å². The quantitative estimate of drug-likeness (QED) is 0.0571. The van der Waals surface area contributed by atoms with Gasteiger partial charge in [0.25, 0.3) is 0 Å². The molecule has 9 heteroatoms. The van der Waals surface area contributed by atoms with E-state index in [1.165, 1.54) is 82.4 Å². The van der Waals surface area contributed by atoms with E-state index in [1.807, 2.05) is 4.31 Å². The molecular weight excluding hydrogens is 556 g/mol. The minimum atomic E-state index is -1.48. The Labute approximate surface area is 254 Å². The molecule has 41 heavy (non-hydrogen) atoms. The van der Waals surface area contributed by atoms with Gasteiger partial charge in [-0.3, -0.25) is 0 Å². The average molecular weight is 609 g/mol. The third kappa shape index (κ3) is 14.2. The van der Waals surface area contributed by atoms with Gasteiger partial charge in [0.15, 0.2) is 23.0 Å². The van der Waals surface area contributed by atoms with Crippen molar-refractivity contribution in [3.05, 3.63) is 36.4 Å². The molecule has 0 fully saturated rings. The molecule has 2 aromatic carbocycles. The van der Waals surface area contributed by atoms with Crippen molar-refractivity contribution < 1.29 is 24.6 Å². The molecule has 0 bridgehead atoms. The van der Waals surface area contributed by atoms with Crippen LogP contribution in [-0.2, 0) is 11.0 Å². The molecule has 0 amide bonds. The van der Waals surface area contributed by atoms with Gasteiger partial charge in [-0.1, -0.05) is 90.9 Å². The molecule has 4 N–H and O–H groups in total. The Morgan fingerprint density at radius 2 is 1.10 bits per heavy atom. The fourth-order valence-electron chi connectivity index (χ4n) is 4.66. The van der Waals surface area contributed by atoms with Crippen molar-refractivity contribution in [1.29, 1.82) is 0 Å². The van der Waals surface area contributed by atoms with Crippen LogP contribution in [0.5, 0.6) is 23.0 Å². The number of nitrogens with zero attached hydrogens (tertiary/aromatic N) is 2. The van der Waals surface area contributed by atoms with Crippen molar-refractivity contribution in [2.45, 2.75) is 114 Å². The van der Waals surface area contributed by atoms with Crippen LogP contribution in [0, 0.1) is 0 Å². The summed E-state index contributed by atoms with van der Waals surface area (Å²) in [5, 5.41) is 39.5. The number of benzene rings is 2. The summed E-state index contributed by atoms with van der Waals surface area (Å²) in [6.07, 6.45) is 16.7. The molecule has 0 radical (unpaired) electrons. The average Bonchev–Trinajstić information content (AvgIpc) is 2.96. The van der Waals surface area contributed by atoms with Crippen LogP contribution >= 0.6 is 11.9 Å². The molecule has 0 aliphatic heterocycles. The monoisotopic (exact) mass is 608 g/mol. The third-order valence-electron chi connectivity index (χ3n) is 7.19. The van der Waals surface area contributed by atoms with Gasteiger partial charge in [-0.15, -0.1) is 0 Å². The van der Waals surface area contributed by atoms with Gasteiger partial charge in [0.05, 0.1) is 4.90 Å². The largest absolute Gasteiger partial charge is 0.504 e. The Balaban J connectivity index is 2.05. The lowest BCUT2D eigenvalue weighted by atomic mass is 10.1. The van der Waals surface area contributed by atoms with E-state index < -0.39 is 11.0 Å². The number of rotatable bonds is 23. The highest BCUT2D eigenvalue weighted by molar-refractivity contribution is 7.97. The van der Waals surface area contributed by atoms with E-state index in [-0.39, 0.29) is 23.0 Å². The molecule has 0 saturated heterocycles. The summed E-state index contributed by atoms with van der Waals surface area (Å²) in [7, 11) is -1.48. The normalized spacial score (nSPS) is 12.4. The maximum atomic E-state index is 13.6. The van der Waals surface area contributed by atoms with E-state index in [9.17, 15) is 24.6 Å². The van der Waals surface area contributed by atoms with E-state index in [1.54, 1.807) is 30.1 Å². The van der Waals surface area contributed by atoms with Crippen LogP contribution < -0.4 is 0 Å². The van der Waals surface area contributed by atoms with Gasteiger partial charge in [0.2, 0.25) is 0 Å². The highest BCUT2D eigenvalue weighted by atomic mass is 32.2. The van der Waals surface area contributed by atoms with Crippen molar-refractivity contribution >= 4 is 22.9 Å². The number of unbranched alkanes of at least 4 members (excludes halogenated alkanes) is 12. The van der Waals surface area contributed by atoms with Crippen molar-refractivity contribution in [1.82, 2.24) is 8.61 Å². The number of phenolic OH excluding ortho intramolecular Hbond substituents is 4. The van der Waals surface area contributed by atoms with Crippen LogP contribution in [0.1, 0.15) is 104 Å². The number of phenols is 4. The van der Waals surface area contributed by atoms with Crippen LogP contribution in [0.3, 0.4) is 0 Å². The first-order valence-electron chi connectivity index (χ1n) is 15.5. The predicted octanol–water partition coefficient (Wildman–Crippen LogP) is 8.34. The summed E-state index contributed by atoms with van der Waals surface area (Å²) in [5.74, 6) is -0.769. The van der Waals surface area contributed by atoms with E-state index in [4.69, 9.17) is 0 Å². The second kappa shape index (κ2) is 20.9. The Kier molecular flexibility index (Phi) is 17.9. The highest BCUT2D eigenvalue weighted by Gasteiger charge is 2.19. The van der Waals surface area contributed by atoms with Gasteiger partial charge >= 0.3 is 0 Å². The van der Waals surface area contributed by atoms with Gasteiger partial charge in [0, 0.05) is 37.1 Å². The first kappa shape index (κ1) is 35.3. The van der Waals surface area contributed by atoms with E-state index in [2.05, 4.69) is 18.2 Å². The molecule has 2 rings (SSSR count). The number of aromatic hydroxyl groups is 4. The smallest absolute Gasteiger partial charge is 0.158 e. The topological polar surface area (TPSA) is 104 Å². The molecule has 0 aliphatic carbocycles. The summed E-state index contributed by atoms with van der Waals surface area (Å²) in [6.45, 7) is 7.21. The molecule has 0 heterocycles. The Hall–Kier alpha value is -1.94.